The summed E-state index contributed by atoms with van der Waals surface area (Å²) in [6.45, 7) is 0. The van der Waals surface area contributed by atoms with Crippen LogP contribution < -0.4 is 0 Å². The van der Waals surface area contributed by atoms with Crippen LogP contribution in [0, 0.1) is 0 Å². The van der Waals surface area contributed by atoms with Crippen LogP contribution in [-0.2, 0) is 12.4 Å². The molecule has 2 rings (SSSR count). The summed E-state index contributed by atoms with van der Waals surface area (Å²) in [4.78, 5) is 3.42. The molecule has 0 radical (unpaired) electrons. The first kappa shape index (κ1) is 22.2. The third-order valence-corrected chi connectivity index (χ3v) is 4.52. The topological polar surface area (TPSA) is 6.48 Å². The molecule has 0 heterocycles. The van der Waals surface area contributed by atoms with E-state index in [1.807, 2.05) is 0 Å². The van der Waals surface area contributed by atoms with Crippen molar-refractivity contribution in [2.24, 2.45) is 0 Å². The van der Waals surface area contributed by atoms with Crippen LogP contribution in [0.1, 0.15) is 34.3 Å². The van der Waals surface area contributed by atoms with Gasteiger partial charge in [0.05, 0.1) is 23.2 Å². The molecule has 2 atom stereocenters. The zero-order valence-corrected chi connectivity index (χ0v) is 15.9. The van der Waals surface area contributed by atoms with Crippen LogP contribution in [0.2, 0.25) is 0 Å². The van der Waals surface area contributed by atoms with Crippen molar-refractivity contribution in [1.82, 2.24) is 9.80 Å². The van der Waals surface area contributed by atoms with Gasteiger partial charge in [-0.2, -0.15) is 26.3 Å². The lowest BCUT2D eigenvalue weighted by molar-refractivity contribution is -0.138. The van der Waals surface area contributed by atoms with Gasteiger partial charge in [0, 0.05) is 0 Å². The molecule has 2 unspecified atom stereocenters. The fraction of sp³-hybridized carbons (Fsp3) is 0.400. The summed E-state index contributed by atoms with van der Waals surface area (Å²) < 4.78 is 78.9. The van der Waals surface area contributed by atoms with Gasteiger partial charge in [-0.05, 0) is 63.6 Å². The number of alkyl halides is 6. The normalized spacial score (nSPS) is 15.1. The van der Waals surface area contributed by atoms with E-state index in [9.17, 15) is 26.3 Å². The van der Waals surface area contributed by atoms with Gasteiger partial charge in [0.2, 0.25) is 0 Å². The monoisotopic (exact) mass is 404 g/mol. The predicted molar refractivity (Wildman–Crippen MR) is 95.7 cm³/mol. The summed E-state index contributed by atoms with van der Waals surface area (Å²) in [6, 6.07) is 8.61. The van der Waals surface area contributed by atoms with E-state index >= 15 is 0 Å². The largest absolute Gasteiger partial charge is 0.416 e. The van der Waals surface area contributed by atoms with Crippen LogP contribution in [0.5, 0.6) is 0 Å². The molecule has 0 amide bonds. The molecule has 8 heteroatoms. The van der Waals surface area contributed by atoms with Crippen molar-refractivity contribution in [3.05, 3.63) is 70.8 Å². The average Bonchev–Trinajstić information content (AvgIpc) is 2.57. The van der Waals surface area contributed by atoms with Crippen molar-refractivity contribution in [2.45, 2.75) is 24.4 Å². The fourth-order valence-electron chi connectivity index (χ4n) is 3.32. The molecule has 0 saturated carbocycles. The summed E-state index contributed by atoms with van der Waals surface area (Å²) >= 11 is 0. The van der Waals surface area contributed by atoms with Crippen molar-refractivity contribution in [3.8, 4) is 0 Å². The second-order valence-corrected chi connectivity index (χ2v) is 7.06. The second kappa shape index (κ2) is 8.13. The summed E-state index contributed by atoms with van der Waals surface area (Å²) in [5, 5.41) is 0. The maximum atomic E-state index is 13.2. The number of nitrogens with zero attached hydrogens (tertiary/aromatic N) is 2. The quantitative estimate of drug-likeness (QED) is 0.596. The smallest absolute Gasteiger partial charge is 0.301 e. The van der Waals surface area contributed by atoms with Crippen LogP contribution in [0.4, 0.5) is 26.3 Å². The Morgan fingerprint density at radius 1 is 0.607 bits per heavy atom. The molecule has 0 saturated heterocycles. The van der Waals surface area contributed by atoms with Gasteiger partial charge in [-0.25, -0.2) is 0 Å². The molecule has 0 aliphatic heterocycles. The van der Waals surface area contributed by atoms with E-state index in [0.29, 0.717) is 11.1 Å². The average molecular weight is 404 g/mol. The standard InChI is InChI=1S/C20H22F6N2/c1-27(2)17(13-7-5-9-15(11-13)19(21,22)23)18(28(3)4)14-8-6-10-16(12-14)20(24,25)26/h5-12,17-18H,1-4H3. The molecule has 2 aromatic rings. The zero-order valence-electron chi connectivity index (χ0n) is 15.9. The lowest BCUT2D eigenvalue weighted by atomic mass is 9.90. The third-order valence-electron chi connectivity index (χ3n) is 4.52. The highest BCUT2D eigenvalue weighted by Gasteiger charge is 2.35. The van der Waals surface area contributed by atoms with Crippen LogP contribution in [0.3, 0.4) is 0 Å². The Labute approximate surface area is 160 Å². The molecule has 0 bridgehead atoms. The lowest BCUT2D eigenvalue weighted by Gasteiger charge is -2.37. The Hall–Kier alpha value is -2.06. The van der Waals surface area contributed by atoms with Crippen LogP contribution in [0.15, 0.2) is 48.5 Å². The first-order chi connectivity index (χ1) is 12.8. The first-order valence-corrected chi connectivity index (χ1v) is 8.49. The highest BCUT2D eigenvalue weighted by molar-refractivity contribution is 5.34. The van der Waals surface area contributed by atoms with Gasteiger partial charge in [0.25, 0.3) is 0 Å². The number of hydrogen-bond donors (Lipinski definition) is 0. The predicted octanol–water partition coefficient (Wildman–Crippen LogP) is 5.63. The Kier molecular flexibility index (Phi) is 6.45. The van der Waals surface area contributed by atoms with Gasteiger partial charge >= 0.3 is 12.4 Å². The molecule has 0 aromatic heterocycles. The molecule has 2 nitrogen and oxygen atoms in total. The molecule has 2 aromatic carbocycles. The number of rotatable bonds is 5. The minimum absolute atomic E-state index is 0.371. The molecule has 28 heavy (non-hydrogen) atoms. The molecular formula is C20H22F6N2. The van der Waals surface area contributed by atoms with Gasteiger partial charge in [0.1, 0.15) is 0 Å². The Morgan fingerprint density at radius 2 is 0.929 bits per heavy atom. The third kappa shape index (κ3) is 5.05. The first-order valence-electron chi connectivity index (χ1n) is 8.49. The van der Waals surface area contributed by atoms with Crippen LogP contribution in [0.25, 0.3) is 0 Å². The van der Waals surface area contributed by atoms with E-state index in [1.54, 1.807) is 50.1 Å². The van der Waals surface area contributed by atoms with Crippen LogP contribution in [-0.4, -0.2) is 38.0 Å². The van der Waals surface area contributed by atoms with Crippen molar-refractivity contribution in [1.29, 1.82) is 0 Å². The van der Waals surface area contributed by atoms with Crippen molar-refractivity contribution < 1.29 is 26.3 Å². The summed E-state index contributed by atoms with van der Waals surface area (Å²) in [5.74, 6) is 0. The van der Waals surface area contributed by atoms with Crippen LogP contribution >= 0.6 is 0 Å². The van der Waals surface area contributed by atoms with Gasteiger partial charge in [-0.1, -0.05) is 24.3 Å². The van der Waals surface area contributed by atoms with E-state index in [4.69, 9.17) is 0 Å². The van der Waals surface area contributed by atoms with Gasteiger partial charge in [-0.15, -0.1) is 0 Å². The fourth-order valence-corrected chi connectivity index (χ4v) is 3.32. The van der Waals surface area contributed by atoms with E-state index in [1.165, 1.54) is 12.1 Å². The Balaban J connectivity index is 2.59. The van der Waals surface area contributed by atoms with E-state index < -0.39 is 35.6 Å². The Morgan fingerprint density at radius 3 is 1.18 bits per heavy atom. The molecular weight excluding hydrogens is 382 g/mol. The SMILES string of the molecule is CN(C)C(c1cccc(C(F)(F)F)c1)C(c1cccc(C(F)(F)F)c1)N(C)C. The molecule has 0 fully saturated rings. The maximum Gasteiger partial charge on any atom is 0.416 e. The second-order valence-electron chi connectivity index (χ2n) is 7.06. The number of benzene rings is 2. The maximum absolute atomic E-state index is 13.2. The van der Waals surface area contributed by atoms with Crippen molar-refractivity contribution in [2.75, 3.05) is 28.2 Å². The van der Waals surface area contributed by atoms with Gasteiger partial charge in [-0.3, -0.25) is 0 Å². The van der Waals surface area contributed by atoms with Gasteiger partial charge < -0.3 is 9.80 Å². The van der Waals surface area contributed by atoms with Gasteiger partial charge in [0.15, 0.2) is 0 Å². The van der Waals surface area contributed by atoms with Crippen molar-refractivity contribution in [3.63, 3.8) is 0 Å². The Bertz CT molecular complexity index is 728. The highest BCUT2D eigenvalue weighted by atomic mass is 19.4. The summed E-state index contributed by atoms with van der Waals surface area (Å²) in [5.41, 5.74) is -0.844. The summed E-state index contributed by atoms with van der Waals surface area (Å²) in [6.07, 6.45) is -9.01. The van der Waals surface area contributed by atoms with Crippen molar-refractivity contribution >= 4 is 0 Å². The molecule has 0 aliphatic rings. The summed E-state index contributed by atoms with van der Waals surface area (Å²) in [7, 11) is 6.76. The number of likely N-dealkylation sites (N-methyl/N-ethyl adjacent to an activating group) is 2. The molecule has 0 aliphatic carbocycles. The van der Waals surface area contributed by atoms with E-state index in [-0.39, 0.29) is 0 Å². The van der Waals surface area contributed by atoms with E-state index in [0.717, 1.165) is 24.3 Å². The number of hydrogen-bond acceptors (Lipinski definition) is 2. The molecule has 0 N–H and O–H groups in total. The minimum Gasteiger partial charge on any atom is -0.301 e. The zero-order chi connectivity index (χ0) is 21.3. The highest BCUT2D eigenvalue weighted by Crippen LogP contribution is 2.40. The lowest BCUT2D eigenvalue weighted by Crippen LogP contribution is -2.34. The minimum atomic E-state index is -4.50. The van der Waals surface area contributed by atoms with E-state index in [2.05, 4.69) is 0 Å². The number of halogens is 6. The molecule has 154 valence electrons. The molecule has 0 spiro atoms.